The highest BCUT2D eigenvalue weighted by Gasteiger charge is 2.40. The Bertz CT molecular complexity index is 573. The summed E-state index contributed by atoms with van der Waals surface area (Å²) in [6.07, 6.45) is 5.95. The molecule has 3 heterocycles. The van der Waals surface area contributed by atoms with Crippen LogP contribution >= 0.6 is 0 Å². The van der Waals surface area contributed by atoms with Crippen LogP contribution in [0.25, 0.3) is 0 Å². The van der Waals surface area contributed by atoms with E-state index in [2.05, 4.69) is 4.98 Å². The Hall–Kier alpha value is -1.91. The molecule has 1 aromatic rings. The smallest absolute Gasteiger partial charge is 0.225 e. The average molecular weight is 315 g/mol. The zero-order valence-corrected chi connectivity index (χ0v) is 13.9. The van der Waals surface area contributed by atoms with Crippen LogP contribution in [0.3, 0.4) is 0 Å². The Morgan fingerprint density at radius 3 is 2.91 bits per heavy atom. The first-order valence-electron chi connectivity index (χ1n) is 8.53. The van der Waals surface area contributed by atoms with Crippen molar-refractivity contribution in [3.05, 3.63) is 30.1 Å². The van der Waals surface area contributed by atoms with Gasteiger partial charge >= 0.3 is 0 Å². The molecule has 0 aromatic carbocycles. The van der Waals surface area contributed by atoms with Crippen molar-refractivity contribution < 1.29 is 9.59 Å². The van der Waals surface area contributed by atoms with E-state index in [9.17, 15) is 9.59 Å². The van der Waals surface area contributed by atoms with E-state index < -0.39 is 0 Å². The lowest BCUT2D eigenvalue weighted by Crippen LogP contribution is -2.57. The number of hydrogen-bond donors (Lipinski definition) is 0. The number of hydrogen-bond acceptors (Lipinski definition) is 3. The molecule has 2 atom stereocenters. The summed E-state index contributed by atoms with van der Waals surface area (Å²) in [4.78, 5) is 32.8. The van der Waals surface area contributed by atoms with Crippen LogP contribution in [-0.4, -0.2) is 45.7 Å². The molecule has 0 unspecified atom stereocenters. The summed E-state index contributed by atoms with van der Waals surface area (Å²) < 4.78 is 0. The Labute approximate surface area is 137 Å². The summed E-state index contributed by atoms with van der Waals surface area (Å²) >= 11 is 0. The first-order valence-corrected chi connectivity index (χ1v) is 8.53. The van der Waals surface area contributed by atoms with Gasteiger partial charge in [0.05, 0.1) is 0 Å². The molecule has 1 aromatic heterocycles. The van der Waals surface area contributed by atoms with Gasteiger partial charge in [-0.3, -0.25) is 14.6 Å². The third kappa shape index (κ3) is 3.38. The molecular formula is C18H25N3O2. The van der Waals surface area contributed by atoms with Crippen molar-refractivity contribution >= 4 is 11.8 Å². The van der Waals surface area contributed by atoms with Crippen LogP contribution in [0.2, 0.25) is 0 Å². The van der Waals surface area contributed by atoms with Crippen molar-refractivity contribution in [3.63, 3.8) is 0 Å². The number of carbonyl (C=O) groups is 2. The molecule has 0 bridgehead atoms. The second-order valence-corrected chi connectivity index (χ2v) is 6.98. The number of aromatic nitrogens is 1. The maximum Gasteiger partial charge on any atom is 0.225 e. The molecule has 3 rings (SSSR count). The number of carbonyl (C=O) groups excluding carboxylic acids is 2. The molecular weight excluding hydrogens is 290 g/mol. The van der Waals surface area contributed by atoms with Crippen LogP contribution in [0.15, 0.2) is 24.5 Å². The fraction of sp³-hybridized carbons (Fsp3) is 0.611. The van der Waals surface area contributed by atoms with E-state index >= 15 is 0 Å². The lowest BCUT2D eigenvalue weighted by molar-refractivity contribution is -0.146. The van der Waals surface area contributed by atoms with E-state index in [0.717, 1.165) is 31.5 Å². The van der Waals surface area contributed by atoms with Gasteiger partial charge in [0.15, 0.2) is 0 Å². The summed E-state index contributed by atoms with van der Waals surface area (Å²) in [5, 5.41) is 0. The normalized spacial score (nSPS) is 24.7. The minimum atomic E-state index is 0.0447. The SMILES string of the molecule is CC(C)C(=O)N1CC[C@H]2[C@H](CCC(=O)N2Cc2cccnc2)C1. The minimum Gasteiger partial charge on any atom is -0.342 e. The number of fused-ring (bicyclic) bond motifs is 1. The van der Waals surface area contributed by atoms with Gasteiger partial charge in [-0.15, -0.1) is 0 Å². The fourth-order valence-electron chi connectivity index (χ4n) is 3.81. The Morgan fingerprint density at radius 2 is 2.22 bits per heavy atom. The maximum absolute atomic E-state index is 12.4. The van der Waals surface area contributed by atoms with Gasteiger partial charge in [-0.1, -0.05) is 19.9 Å². The number of amides is 2. The summed E-state index contributed by atoms with van der Waals surface area (Å²) in [5.41, 5.74) is 1.07. The number of likely N-dealkylation sites (tertiary alicyclic amines) is 2. The van der Waals surface area contributed by atoms with Crippen LogP contribution in [0.1, 0.15) is 38.7 Å². The molecule has 23 heavy (non-hydrogen) atoms. The molecule has 0 saturated carbocycles. The highest BCUT2D eigenvalue weighted by molar-refractivity contribution is 5.79. The predicted octanol–water partition coefficient (Wildman–Crippen LogP) is 2.08. The van der Waals surface area contributed by atoms with Gasteiger partial charge in [-0.05, 0) is 30.4 Å². The molecule has 2 aliphatic rings. The largest absolute Gasteiger partial charge is 0.342 e. The average Bonchev–Trinajstić information content (AvgIpc) is 2.57. The number of pyridine rings is 1. The van der Waals surface area contributed by atoms with Crippen LogP contribution in [0.4, 0.5) is 0 Å². The van der Waals surface area contributed by atoms with Gasteiger partial charge < -0.3 is 9.80 Å². The lowest BCUT2D eigenvalue weighted by Gasteiger charge is -2.47. The molecule has 5 heteroatoms. The van der Waals surface area contributed by atoms with Crippen molar-refractivity contribution in [2.24, 2.45) is 11.8 Å². The molecule has 0 aliphatic carbocycles. The molecule has 2 amide bonds. The van der Waals surface area contributed by atoms with Crippen molar-refractivity contribution in [1.29, 1.82) is 0 Å². The molecule has 124 valence electrons. The summed E-state index contributed by atoms with van der Waals surface area (Å²) in [7, 11) is 0. The van der Waals surface area contributed by atoms with E-state index in [-0.39, 0.29) is 23.8 Å². The molecule has 2 saturated heterocycles. The third-order valence-corrected chi connectivity index (χ3v) is 5.02. The zero-order valence-electron chi connectivity index (χ0n) is 13.9. The summed E-state index contributed by atoms with van der Waals surface area (Å²) in [6, 6.07) is 4.18. The Kier molecular flexibility index (Phi) is 4.64. The van der Waals surface area contributed by atoms with Gasteiger partial charge in [0.1, 0.15) is 0 Å². The Balaban J connectivity index is 1.71. The van der Waals surface area contributed by atoms with E-state index in [1.807, 2.05) is 42.0 Å². The molecule has 0 radical (unpaired) electrons. The van der Waals surface area contributed by atoms with Crippen LogP contribution in [-0.2, 0) is 16.1 Å². The van der Waals surface area contributed by atoms with Gasteiger partial charge in [0.2, 0.25) is 11.8 Å². The lowest BCUT2D eigenvalue weighted by atomic mass is 9.83. The second kappa shape index (κ2) is 6.69. The zero-order chi connectivity index (χ0) is 16.4. The standard InChI is InChI=1S/C18H25N3O2/c1-13(2)18(23)20-9-7-16-15(12-20)5-6-17(22)21(16)11-14-4-3-8-19-10-14/h3-4,8,10,13,15-16H,5-7,9,11-12H2,1-2H3/t15-,16+/m1/s1. The fourth-order valence-corrected chi connectivity index (χ4v) is 3.81. The van der Waals surface area contributed by atoms with Crippen LogP contribution < -0.4 is 0 Å². The maximum atomic E-state index is 12.4. The second-order valence-electron chi connectivity index (χ2n) is 6.98. The number of piperidine rings is 2. The Morgan fingerprint density at radius 1 is 1.39 bits per heavy atom. The first-order chi connectivity index (χ1) is 11.1. The van der Waals surface area contributed by atoms with Crippen molar-refractivity contribution in [2.75, 3.05) is 13.1 Å². The predicted molar refractivity (Wildman–Crippen MR) is 87.3 cm³/mol. The van der Waals surface area contributed by atoms with Crippen LogP contribution in [0.5, 0.6) is 0 Å². The number of nitrogens with zero attached hydrogens (tertiary/aromatic N) is 3. The number of rotatable bonds is 3. The van der Waals surface area contributed by atoms with E-state index in [1.165, 1.54) is 0 Å². The topological polar surface area (TPSA) is 53.5 Å². The molecule has 2 aliphatic heterocycles. The first kappa shape index (κ1) is 16.0. The molecule has 2 fully saturated rings. The van der Waals surface area contributed by atoms with Crippen LogP contribution in [0, 0.1) is 11.8 Å². The third-order valence-electron chi connectivity index (χ3n) is 5.02. The van der Waals surface area contributed by atoms with Crippen molar-refractivity contribution in [1.82, 2.24) is 14.8 Å². The van der Waals surface area contributed by atoms with Crippen molar-refractivity contribution in [3.8, 4) is 0 Å². The quantitative estimate of drug-likeness (QED) is 0.858. The highest BCUT2D eigenvalue weighted by Crippen LogP contribution is 2.32. The van der Waals surface area contributed by atoms with Gasteiger partial charge in [-0.2, -0.15) is 0 Å². The molecule has 0 spiro atoms. The van der Waals surface area contributed by atoms with Gasteiger partial charge in [0, 0.05) is 50.4 Å². The van der Waals surface area contributed by atoms with E-state index in [1.54, 1.807) is 6.20 Å². The van der Waals surface area contributed by atoms with E-state index in [4.69, 9.17) is 0 Å². The summed E-state index contributed by atoms with van der Waals surface area (Å²) in [5.74, 6) is 0.919. The molecule has 5 nitrogen and oxygen atoms in total. The minimum absolute atomic E-state index is 0.0447. The molecule has 0 N–H and O–H groups in total. The van der Waals surface area contributed by atoms with E-state index in [0.29, 0.717) is 18.9 Å². The highest BCUT2D eigenvalue weighted by atomic mass is 16.2. The van der Waals surface area contributed by atoms with Gasteiger partial charge in [-0.25, -0.2) is 0 Å². The monoisotopic (exact) mass is 315 g/mol. The van der Waals surface area contributed by atoms with Crippen molar-refractivity contribution in [2.45, 2.75) is 45.7 Å². The van der Waals surface area contributed by atoms with Gasteiger partial charge in [0.25, 0.3) is 0 Å². The summed E-state index contributed by atoms with van der Waals surface area (Å²) in [6.45, 7) is 6.08.